The van der Waals surface area contributed by atoms with E-state index in [0.717, 1.165) is 0 Å². The number of hydrogen-bond acceptors (Lipinski definition) is 4. The van der Waals surface area contributed by atoms with Crippen molar-refractivity contribution in [2.24, 2.45) is 7.05 Å². The van der Waals surface area contributed by atoms with Crippen LogP contribution in [0.5, 0.6) is 11.5 Å². The molecule has 1 N–H and O–H groups in total. The summed E-state index contributed by atoms with van der Waals surface area (Å²) in [7, 11) is 2.97. The molecule has 2 rings (SSSR count). The molecule has 0 spiro atoms. The van der Waals surface area contributed by atoms with Gasteiger partial charge in [0.15, 0.2) is 17.2 Å². The molecule has 1 heterocycles. The maximum atomic E-state index is 12.3. The lowest BCUT2D eigenvalue weighted by Crippen LogP contribution is -2.13. The third-order valence-electron chi connectivity index (χ3n) is 3.11. The van der Waals surface area contributed by atoms with Crippen molar-refractivity contribution >= 4 is 23.2 Å². The molecule has 0 aliphatic heterocycles. The van der Waals surface area contributed by atoms with E-state index in [1.807, 2.05) is 0 Å². The lowest BCUT2D eigenvalue weighted by Gasteiger charge is -2.11. The first-order valence-electron chi connectivity index (χ1n) is 6.46. The molecule has 0 saturated carbocycles. The molecule has 0 atom stereocenters. The van der Waals surface area contributed by atoms with E-state index < -0.39 is 12.5 Å². The van der Waals surface area contributed by atoms with Crippen LogP contribution >= 0.6 is 11.6 Å². The molecule has 0 saturated heterocycles. The third-order valence-corrected chi connectivity index (χ3v) is 3.57. The topological polar surface area (TPSA) is 65.4 Å². The minimum absolute atomic E-state index is 0.0615. The second-order valence-electron chi connectivity index (χ2n) is 4.57. The van der Waals surface area contributed by atoms with E-state index >= 15 is 0 Å². The van der Waals surface area contributed by atoms with Gasteiger partial charge < -0.3 is 14.8 Å². The van der Waals surface area contributed by atoms with Crippen molar-refractivity contribution in [3.05, 3.63) is 34.6 Å². The highest BCUT2D eigenvalue weighted by atomic mass is 35.5. The standard InChI is InChI=1S/C14H14ClF2N3O3/c1-7-11(15)12(19-20(7)2)13(21)18-8-4-5-9(23-14(16)17)10(6-8)22-3/h4-6,14H,1-3H3,(H,18,21). The predicted molar refractivity (Wildman–Crippen MR) is 80.5 cm³/mol. The van der Waals surface area contributed by atoms with Crippen LogP contribution in [0.1, 0.15) is 16.2 Å². The lowest BCUT2D eigenvalue weighted by molar-refractivity contribution is -0.0512. The molecule has 23 heavy (non-hydrogen) atoms. The van der Waals surface area contributed by atoms with Gasteiger partial charge in [-0.2, -0.15) is 13.9 Å². The number of alkyl halides is 2. The number of benzene rings is 1. The molecular formula is C14H14ClF2N3O3. The highest BCUT2D eigenvalue weighted by molar-refractivity contribution is 6.34. The molecule has 0 aliphatic rings. The van der Waals surface area contributed by atoms with Crippen LogP contribution in [0, 0.1) is 6.92 Å². The number of nitrogens with one attached hydrogen (secondary N) is 1. The van der Waals surface area contributed by atoms with Gasteiger partial charge in [0.05, 0.1) is 17.8 Å². The number of nitrogens with zero attached hydrogens (tertiary/aromatic N) is 2. The van der Waals surface area contributed by atoms with Gasteiger partial charge in [-0.3, -0.25) is 9.48 Å². The average Bonchev–Trinajstić information content (AvgIpc) is 2.76. The monoisotopic (exact) mass is 345 g/mol. The number of aromatic nitrogens is 2. The zero-order valence-corrected chi connectivity index (χ0v) is 13.3. The van der Waals surface area contributed by atoms with Crippen LogP contribution < -0.4 is 14.8 Å². The van der Waals surface area contributed by atoms with Crippen molar-refractivity contribution in [2.45, 2.75) is 13.5 Å². The van der Waals surface area contributed by atoms with Gasteiger partial charge in [0, 0.05) is 18.8 Å². The van der Waals surface area contributed by atoms with Gasteiger partial charge in [0.2, 0.25) is 0 Å². The molecule has 1 aromatic heterocycles. The van der Waals surface area contributed by atoms with Gasteiger partial charge in [0.1, 0.15) is 0 Å². The van der Waals surface area contributed by atoms with Crippen LogP contribution in [-0.4, -0.2) is 29.4 Å². The van der Waals surface area contributed by atoms with E-state index in [4.69, 9.17) is 16.3 Å². The summed E-state index contributed by atoms with van der Waals surface area (Å²) in [6.07, 6.45) is 0. The number of ether oxygens (including phenoxy) is 2. The molecule has 2 aromatic rings. The fourth-order valence-corrected chi connectivity index (χ4v) is 2.10. The van der Waals surface area contributed by atoms with Crippen LogP contribution in [0.25, 0.3) is 0 Å². The molecule has 0 fully saturated rings. The normalized spacial score (nSPS) is 10.7. The van der Waals surface area contributed by atoms with E-state index in [0.29, 0.717) is 11.4 Å². The number of methoxy groups -OCH3 is 1. The van der Waals surface area contributed by atoms with Crippen molar-refractivity contribution in [2.75, 3.05) is 12.4 Å². The number of amides is 1. The summed E-state index contributed by atoms with van der Waals surface area (Å²) >= 11 is 6.04. The summed E-state index contributed by atoms with van der Waals surface area (Å²) < 4.78 is 35.3. The highest BCUT2D eigenvalue weighted by Crippen LogP contribution is 2.31. The van der Waals surface area contributed by atoms with Gasteiger partial charge in [0.25, 0.3) is 5.91 Å². The Morgan fingerprint density at radius 1 is 1.39 bits per heavy atom. The summed E-state index contributed by atoms with van der Waals surface area (Å²) in [6, 6.07) is 4.03. The minimum Gasteiger partial charge on any atom is -0.493 e. The molecule has 124 valence electrons. The Balaban J connectivity index is 2.22. The van der Waals surface area contributed by atoms with Gasteiger partial charge in [-0.05, 0) is 19.1 Å². The van der Waals surface area contributed by atoms with Crippen LogP contribution in [0.2, 0.25) is 5.02 Å². The second kappa shape index (κ2) is 6.82. The highest BCUT2D eigenvalue weighted by Gasteiger charge is 2.19. The molecule has 1 aromatic carbocycles. The van der Waals surface area contributed by atoms with Crippen molar-refractivity contribution in [3.8, 4) is 11.5 Å². The van der Waals surface area contributed by atoms with Gasteiger partial charge in [-0.15, -0.1) is 0 Å². The fraction of sp³-hybridized carbons (Fsp3) is 0.286. The molecule has 0 radical (unpaired) electrons. The first kappa shape index (κ1) is 17.0. The van der Waals surface area contributed by atoms with Gasteiger partial charge in [-0.25, -0.2) is 0 Å². The molecule has 1 amide bonds. The smallest absolute Gasteiger partial charge is 0.387 e. The van der Waals surface area contributed by atoms with Crippen molar-refractivity contribution in [1.29, 1.82) is 0 Å². The van der Waals surface area contributed by atoms with Crippen LogP contribution in [0.15, 0.2) is 18.2 Å². The molecule has 9 heteroatoms. The predicted octanol–water partition coefficient (Wildman–Crippen LogP) is 3.24. The molecule has 6 nitrogen and oxygen atoms in total. The van der Waals surface area contributed by atoms with E-state index in [1.54, 1.807) is 14.0 Å². The maximum absolute atomic E-state index is 12.3. The zero-order chi connectivity index (χ0) is 17.1. The average molecular weight is 346 g/mol. The molecular weight excluding hydrogens is 332 g/mol. The first-order chi connectivity index (χ1) is 10.8. The Kier molecular flexibility index (Phi) is 5.05. The number of halogens is 3. The Morgan fingerprint density at radius 2 is 2.09 bits per heavy atom. The maximum Gasteiger partial charge on any atom is 0.387 e. The van der Waals surface area contributed by atoms with Crippen molar-refractivity contribution in [1.82, 2.24) is 9.78 Å². The van der Waals surface area contributed by atoms with Crippen molar-refractivity contribution in [3.63, 3.8) is 0 Å². The molecule has 0 aliphatic carbocycles. The Labute approximate surface area is 135 Å². The number of carbonyl (C=O) groups is 1. The molecule has 0 unspecified atom stereocenters. The van der Waals surface area contributed by atoms with E-state index in [1.165, 1.54) is 30.0 Å². The number of aryl methyl sites for hydroxylation is 1. The number of carbonyl (C=O) groups excluding carboxylic acids is 1. The van der Waals surface area contributed by atoms with E-state index in [-0.39, 0.29) is 22.2 Å². The van der Waals surface area contributed by atoms with Crippen LogP contribution in [0.4, 0.5) is 14.5 Å². The quantitative estimate of drug-likeness (QED) is 0.903. The zero-order valence-electron chi connectivity index (χ0n) is 12.6. The van der Waals surface area contributed by atoms with Gasteiger partial charge in [-0.1, -0.05) is 11.6 Å². The Bertz CT molecular complexity index is 734. The summed E-state index contributed by atoms with van der Waals surface area (Å²) in [5.41, 5.74) is 1.04. The summed E-state index contributed by atoms with van der Waals surface area (Å²) in [6.45, 7) is -1.24. The minimum atomic E-state index is -2.97. The SMILES string of the molecule is COc1cc(NC(=O)c2nn(C)c(C)c2Cl)ccc1OC(F)F. The van der Waals surface area contributed by atoms with Crippen LogP contribution in [-0.2, 0) is 7.05 Å². The fourth-order valence-electron chi connectivity index (χ4n) is 1.86. The van der Waals surface area contributed by atoms with Crippen molar-refractivity contribution < 1.29 is 23.0 Å². The van der Waals surface area contributed by atoms with E-state index in [9.17, 15) is 13.6 Å². The molecule has 0 bridgehead atoms. The Hall–Kier alpha value is -2.35. The summed E-state index contributed by atoms with van der Waals surface area (Å²) in [4.78, 5) is 12.2. The lowest BCUT2D eigenvalue weighted by atomic mass is 10.2. The Morgan fingerprint density at radius 3 is 2.61 bits per heavy atom. The number of hydrogen-bond donors (Lipinski definition) is 1. The first-order valence-corrected chi connectivity index (χ1v) is 6.84. The largest absolute Gasteiger partial charge is 0.493 e. The number of anilines is 1. The van der Waals surface area contributed by atoms with E-state index in [2.05, 4.69) is 15.2 Å². The number of rotatable bonds is 5. The third kappa shape index (κ3) is 3.70. The van der Waals surface area contributed by atoms with Crippen LogP contribution in [0.3, 0.4) is 0 Å². The summed E-state index contributed by atoms with van der Waals surface area (Å²) in [5, 5.41) is 6.84. The summed E-state index contributed by atoms with van der Waals surface area (Å²) in [5.74, 6) is -0.595. The second-order valence-corrected chi connectivity index (χ2v) is 4.95. The van der Waals surface area contributed by atoms with Gasteiger partial charge >= 0.3 is 6.61 Å².